The first-order chi connectivity index (χ1) is 11.5. The summed E-state index contributed by atoms with van der Waals surface area (Å²) in [4.78, 5) is 24.1. The standard InChI is InChI=1S/C18H24N2O3S/c1-12(2)7-8-17(22)20-11-18(23)19-10-14(21)16-9-13-5-3-4-6-15(13)24-16/h3-6,9,12,14,21H,7-8,10-11H2,1-2H3,(H,19,23)(H,20,22). The molecule has 0 aliphatic heterocycles. The number of fused-ring (bicyclic) bond motifs is 1. The summed E-state index contributed by atoms with van der Waals surface area (Å²) in [5, 5.41) is 16.5. The molecule has 3 N–H and O–H groups in total. The zero-order valence-corrected chi connectivity index (χ0v) is 14.9. The lowest BCUT2D eigenvalue weighted by molar-refractivity contribution is -0.126. The topological polar surface area (TPSA) is 78.4 Å². The van der Waals surface area contributed by atoms with Gasteiger partial charge in [-0.2, -0.15) is 0 Å². The molecule has 0 aliphatic carbocycles. The number of hydrogen-bond donors (Lipinski definition) is 3. The summed E-state index contributed by atoms with van der Waals surface area (Å²) in [5.74, 6) is 0.0398. The normalized spacial score (nSPS) is 12.3. The highest BCUT2D eigenvalue weighted by atomic mass is 32.1. The molecule has 1 aromatic carbocycles. The van der Waals surface area contributed by atoms with Gasteiger partial charge in [0, 0.05) is 22.5 Å². The van der Waals surface area contributed by atoms with Crippen molar-refractivity contribution in [2.75, 3.05) is 13.1 Å². The van der Waals surface area contributed by atoms with Crippen molar-refractivity contribution in [2.45, 2.75) is 32.8 Å². The van der Waals surface area contributed by atoms with Gasteiger partial charge in [0.05, 0.1) is 6.54 Å². The van der Waals surface area contributed by atoms with E-state index in [1.807, 2.05) is 30.3 Å². The largest absolute Gasteiger partial charge is 0.386 e. The van der Waals surface area contributed by atoms with Gasteiger partial charge in [0.25, 0.3) is 0 Å². The van der Waals surface area contributed by atoms with E-state index in [0.29, 0.717) is 12.3 Å². The molecule has 2 aromatic rings. The van der Waals surface area contributed by atoms with Crippen molar-refractivity contribution < 1.29 is 14.7 Å². The van der Waals surface area contributed by atoms with Crippen LogP contribution in [0.2, 0.25) is 0 Å². The lowest BCUT2D eigenvalue weighted by atomic mass is 10.1. The molecule has 0 fully saturated rings. The number of aliphatic hydroxyl groups is 1. The van der Waals surface area contributed by atoms with E-state index >= 15 is 0 Å². The fourth-order valence-electron chi connectivity index (χ4n) is 2.23. The van der Waals surface area contributed by atoms with Gasteiger partial charge >= 0.3 is 0 Å². The number of amides is 2. The molecule has 130 valence electrons. The van der Waals surface area contributed by atoms with Crippen molar-refractivity contribution in [1.82, 2.24) is 10.6 Å². The number of nitrogens with one attached hydrogen (secondary N) is 2. The molecule has 0 aliphatic rings. The molecule has 6 heteroatoms. The maximum atomic E-state index is 11.8. The van der Waals surface area contributed by atoms with E-state index < -0.39 is 6.10 Å². The van der Waals surface area contributed by atoms with Crippen LogP contribution in [-0.2, 0) is 9.59 Å². The second-order valence-corrected chi connectivity index (χ2v) is 7.33. The van der Waals surface area contributed by atoms with Crippen molar-refractivity contribution in [3.05, 3.63) is 35.2 Å². The highest BCUT2D eigenvalue weighted by molar-refractivity contribution is 7.19. The quantitative estimate of drug-likeness (QED) is 0.686. The zero-order valence-electron chi connectivity index (χ0n) is 14.0. The van der Waals surface area contributed by atoms with Gasteiger partial charge in [0.1, 0.15) is 6.10 Å². The van der Waals surface area contributed by atoms with Crippen molar-refractivity contribution in [2.24, 2.45) is 5.92 Å². The number of hydrogen-bond acceptors (Lipinski definition) is 4. The lowest BCUT2D eigenvalue weighted by Crippen LogP contribution is -2.38. The predicted molar refractivity (Wildman–Crippen MR) is 96.9 cm³/mol. The SMILES string of the molecule is CC(C)CCC(=O)NCC(=O)NCC(O)c1cc2ccccc2s1. The van der Waals surface area contributed by atoms with E-state index in [2.05, 4.69) is 24.5 Å². The fraction of sp³-hybridized carbons (Fsp3) is 0.444. The highest BCUT2D eigenvalue weighted by Gasteiger charge is 2.13. The third-order valence-corrected chi connectivity index (χ3v) is 4.88. The number of carbonyl (C=O) groups excluding carboxylic acids is 2. The van der Waals surface area contributed by atoms with Gasteiger partial charge in [-0.05, 0) is 29.9 Å². The van der Waals surface area contributed by atoms with Crippen LogP contribution in [0, 0.1) is 5.92 Å². The van der Waals surface area contributed by atoms with Crippen molar-refractivity contribution in [3.8, 4) is 0 Å². The van der Waals surface area contributed by atoms with Crippen LogP contribution < -0.4 is 10.6 Å². The van der Waals surface area contributed by atoms with Gasteiger partial charge in [-0.3, -0.25) is 9.59 Å². The third-order valence-electron chi connectivity index (χ3n) is 3.66. The number of thiophene rings is 1. The van der Waals surface area contributed by atoms with E-state index in [1.165, 1.54) is 11.3 Å². The average Bonchev–Trinajstić information content (AvgIpc) is 3.00. The van der Waals surface area contributed by atoms with Crippen molar-refractivity contribution in [1.29, 1.82) is 0 Å². The van der Waals surface area contributed by atoms with Crippen LogP contribution in [0.25, 0.3) is 10.1 Å². The molecular formula is C18H24N2O3S. The predicted octanol–water partition coefficient (Wildman–Crippen LogP) is 2.60. The smallest absolute Gasteiger partial charge is 0.239 e. The lowest BCUT2D eigenvalue weighted by Gasteiger charge is -2.11. The number of carbonyl (C=O) groups is 2. The molecule has 0 bridgehead atoms. The maximum Gasteiger partial charge on any atom is 0.239 e. The molecule has 0 radical (unpaired) electrons. The Morgan fingerprint density at radius 1 is 1.17 bits per heavy atom. The Balaban J connectivity index is 1.73. The minimum Gasteiger partial charge on any atom is -0.386 e. The molecule has 2 amide bonds. The molecule has 1 aromatic heterocycles. The summed E-state index contributed by atoms with van der Waals surface area (Å²) in [6, 6.07) is 9.84. The van der Waals surface area contributed by atoms with Crippen LogP contribution in [-0.4, -0.2) is 30.0 Å². The van der Waals surface area contributed by atoms with Crippen LogP contribution in [0.5, 0.6) is 0 Å². The van der Waals surface area contributed by atoms with E-state index in [0.717, 1.165) is 21.4 Å². The van der Waals surface area contributed by atoms with Gasteiger partial charge in [0.15, 0.2) is 0 Å². The molecule has 24 heavy (non-hydrogen) atoms. The van der Waals surface area contributed by atoms with Gasteiger partial charge < -0.3 is 15.7 Å². The Hall–Kier alpha value is -1.92. The first kappa shape index (κ1) is 18.4. The molecule has 5 nitrogen and oxygen atoms in total. The Kier molecular flexibility index (Phi) is 6.75. The van der Waals surface area contributed by atoms with Crippen LogP contribution >= 0.6 is 11.3 Å². The summed E-state index contributed by atoms with van der Waals surface area (Å²) < 4.78 is 1.11. The molecule has 1 atom stereocenters. The molecular weight excluding hydrogens is 324 g/mol. The number of aliphatic hydroxyl groups excluding tert-OH is 1. The third kappa shape index (κ3) is 5.62. The summed E-state index contributed by atoms with van der Waals surface area (Å²) in [7, 11) is 0. The molecule has 0 saturated heterocycles. The fourth-order valence-corrected chi connectivity index (χ4v) is 3.28. The molecule has 2 rings (SSSR count). The van der Waals surface area contributed by atoms with Gasteiger partial charge in [0.2, 0.25) is 11.8 Å². The van der Waals surface area contributed by atoms with Gasteiger partial charge in [-0.15, -0.1) is 11.3 Å². The van der Waals surface area contributed by atoms with E-state index in [1.54, 1.807) is 0 Å². The summed E-state index contributed by atoms with van der Waals surface area (Å²) in [6.45, 7) is 4.17. The van der Waals surface area contributed by atoms with E-state index in [9.17, 15) is 14.7 Å². The Morgan fingerprint density at radius 3 is 2.62 bits per heavy atom. The Labute approximate surface area is 146 Å². The van der Waals surface area contributed by atoms with Gasteiger partial charge in [-0.25, -0.2) is 0 Å². The minimum absolute atomic E-state index is 0.0595. The summed E-state index contributed by atoms with van der Waals surface area (Å²) in [6.07, 6.45) is 0.482. The molecule has 1 unspecified atom stereocenters. The highest BCUT2D eigenvalue weighted by Crippen LogP contribution is 2.29. The summed E-state index contributed by atoms with van der Waals surface area (Å²) in [5.41, 5.74) is 0. The van der Waals surface area contributed by atoms with Crippen LogP contribution in [0.15, 0.2) is 30.3 Å². The van der Waals surface area contributed by atoms with Crippen LogP contribution in [0.1, 0.15) is 37.7 Å². The van der Waals surface area contributed by atoms with E-state index in [4.69, 9.17) is 0 Å². The number of benzene rings is 1. The number of rotatable bonds is 8. The van der Waals surface area contributed by atoms with Crippen molar-refractivity contribution >= 4 is 33.2 Å². The second-order valence-electron chi connectivity index (χ2n) is 6.22. The Bertz CT molecular complexity index is 663. The second kappa shape index (κ2) is 8.80. The Morgan fingerprint density at radius 2 is 1.92 bits per heavy atom. The monoisotopic (exact) mass is 348 g/mol. The van der Waals surface area contributed by atoms with Crippen molar-refractivity contribution in [3.63, 3.8) is 0 Å². The summed E-state index contributed by atoms with van der Waals surface area (Å²) >= 11 is 1.51. The minimum atomic E-state index is -0.747. The van der Waals surface area contributed by atoms with Crippen LogP contribution in [0.3, 0.4) is 0 Å². The van der Waals surface area contributed by atoms with Crippen LogP contribution in [0.4, 0.5) is 0 Å². The molecule has 1 heterocycles. The van der Waals surface area contributed by atoms with Gasteiger partial charge in [-0.1, -0.05) is 32.0 Å². The van der Waals surface area contributed by atoms with E-state index in [-0.39, 0.29) is 24.9 Å². The maximum absolute atomic E-state index is 11.8. The first-order valence-electron chi connectivity index (χ1n) is 8.15. The average molecular weight is 348 g/mol. The molecule has 0 saturated carbocycles. The zero-order chi connectivity index (χ0) is 17.5. The molecule has 0 spiro atoms. The first-order valence-corrected chi connectivity index (χ1v) is 8.97.